The molecule has 0 saturated heterocycles. The molecular weight excluding hydrogens is 262 g/mol. The van der Waals surface area contributed by atoms with Gasteiger partial charge in [-0.3, -0.25) is 4.79 Å². The normalized spacial score (nSPS) is 23.1. The molecule has 1 aromatic carbocycles. The Morgan fingerprint density at radius 2 is 2.05 bits per heavy atom. The first-order chi connectivity index (χ1) is 10.1. The van der Waals surface area contributed by atoms with Gasteiger partial charge in [0, 0.05) is 6.04 Å². The van der Waals surface area contributed by atoms with Gasteiger partial charge in [-0.2, -0.15) is 5.26 Å². The second kappa shape index (κ2) is 7.24. The molecule has 4 heteroatoms. The lowest BCUT2D eigenvalue weighted by atomic mass is 9.85. The Morgan fingerprint density at radius 1 is 1.33 bits per heavy atom. The first-order valence-electron chi connectivity index (χ1n) is 7.68. The van der Waals surface area contributed by atoms with Gasteiger partial charge in [0.25, 0.3) is 0 Å². The highest BCUT2D eigenvalue weighted by Crippen LogP contribution is 2.24. The quantitative estimate of drug-likeness (QED) is 0.893. The van der Waals surface area contributed by atoms with E-state index in [9.17, 15) is 4.79 Å². The molecule has 1 aromatic rings. The molecule has 0 unspecified atom stereocenters. The molecule has 0 heterocycles. The number of amides is 1. The van der Waals surface area contributed by atoms with E-state index in [1.807, 2.05) is 13.0 Å². The number of carbonyl (C=O) groups is 1. The summed E-state index contributed by atoms with van der Waals surface area (Å²) in [6.45, 7) is 4.12. The van der Waals surface area contributed by atoms with Crippen LogP contribution in [-0.4, -0.2) is 18.0 Å². The zero-order valence-corrected chi connectivity index (χ0v) is 12.7. The number of para-hydroxylation sites is 1. The maximum atomic E-state index is 12.3. The minimum Gasteiger partial charge on any atom is -0.324 e. The van der Waals surface area contributed by atoms with E-state index in [1.54, 1.807) is 18.2 Å². The van der Waals surface area contributed by atoms with Crippen LogP contribution in [0.5, 0.6) is 0 Å². The fraction of sp³-hybridized carbons (Fsp3) is 0.529. The molecule has 112 valence electrons. The molecule has 1 aliphatic carbocycles. The van der Waals surface area contributed by atoms with Crippen molar-refractivity contribution in [1.82, 2.24) is 5.32 Å². The lowest BCUT2D eigenvalue weighted by Crippen LogP contribution is -2.47. The zero-order chi connectivity index (χ0) is 15.2. The number of benzene rings is 1. The van der Waals surface area contributed by atoms with Gasteiger partial charge in [0.2, 0.25) is 5.91 Å². The molecule has 0 bridgehead atoms. The van der Waals surface area contributed by atoms with E-state index in [0.29, 0.717) is 23.2 Å². The van der Waals surface area contributed by atoms with Crippen LogP contribution >= 0.6 is 0 Å². The predicted octanol–water partition coefficient (Wildman–Crippen LogP) is 3.05. The third-order valence-electron chi connectivity index (χ3n) is 4.27. The summed E-state index contributed by atoms with van der Waals surface area (Å²) in [6.07, 6.45) is 4.87. The van der Waals surface area contributed by atoms with Crippen LogP contribution in [0, 0.1) is 17.2 Å². The monoisotopic (exact) mass is 285 g/mol. The number of carbonyl (C=O) groups excluding carboxylic acids is 1. The molecule has 2 N–H and O–H groups in total. The van der Waals surface area contributed by atoms with Crippen molar-refractivity contribution in [2.45, 2.75) is 51.6 Å². The molecule has 0 aromatic heterocycles. The average Bonchev–Trinajstić information content (AvgIpc) is 2.50. The molecule has 1 amide bonds. The number of hydrogen-bond acceptors (Lipinski definition) is 3. The molecule has 3 atom stereocenters. The van der Waals surface area contributed by atoms with Crippen molar-refractivity contribution in [2.75, 3.05) is 5.32 Å². The van der Waals surface area contributed by atoms with Crippen molar-refractivity contribution in [3.63, 3.8) is 0 Å². The number of nitrogens with zero attached hydrogens (tertiary/aromatic N) is 1. The van der Waals surface area contributed by atoms with Crippen molar-refractivity contribution in [3.8, 4) is 6.07 Å². The number of nitrogens with one attached hydrogen (secondary N) is 2. The van der Waals surface area contributed by atoms with Crippen LogP contribution < -0.4 is 10.6 Å². The predicted molar refractivity (Wildman–Crippen MR) is 83.8 cm³/mol. The van der Waals surface area contributed by atoms with Crippen LogP contribution in [0.15, 0.2) is 24.3 Å². The van der Waals surface area contributed by atoms with Crippen molar-refractivity contribution in [1.29, 1.82) is 5.26 Å². The molecule has 0 aliphatic heterocycles. The Labute approximate surface area is 126 Å². The highest BCUT2D eigenvalue weighted by molar-refractivity contribution is 5.95. The number of rotatable bonds is 4. The van der Waals surface area contributed by atoms with Crippen molar-refractivity contribution in [3.05, 3.63) is 29.8 Å². The lowest BCUT2D eigenvalue weighted by molar-refractivity contribution is -0.118. The van der Waals surface area contributed by atoms with Crippen molar-refractivity contribution < 1.29 is 4.79 Å². The topological polar surface area (TPSA) is 64.9 Å². The van der Waals surface area contributed by atoms with Gasteiger partial charge in [-0.05, 0) is 37.8 Å². The number of anilines is 1. The summed E-state index contributed by atoms with van der Waals surface area (Å²) in [5, 5.41) is 15.3. The third kappa shape index (κ3) is 4.05. The van der Waals surface area contributed by atoms with E-state index in [-0.39, 0.29) is 11.9 Å². The largest absolute Gasteiger partial charge is 0.324 e. The zero-order valence-electron chi connectivity index (χ0n) is 12.7. The van der Waals surface area contributed by atoms with Gasteiger partial charge in [-0.1, -0.05) is 31.9 Å². The van der Waals surface area contributed by atoms with Crippen molar-refractivity contribution >= 4 is 11.6 Å². The Hall–Kier alpha value is -1.86. The maximum Gasteiger partial charge on any atom is 0.241 e. The fourth-order valence-electron chi connectivity index (χ4n) is 2.89. The first kappa shape index (κ1) is 15.5. The van der Waals surface area contributed by atoms with Crippen LogP contribution in [0.4, 0.5) is 5.69 Å². The van der Waals surface area contributed by atoms with Gasteiger partial charge in [-0.25, -0.2) is 0 Å². The fourth-order valence-corrected chi connectivity index (χ4v) is 2.89. The molecule has 21 heavy (non-hydrogen) atoms. The second-order valence-corrected chi connectivity index (χ2v) is 5.90. The Kier molecular flexibility index (Phi) is 5.35. The Bertz CT molecular complexity index is 535. The van der Waals surface area contributed by atoms with Gasteiger partial charge in [0.05, 0.1) is 17.3 Å². The molecule has 2 rings (SSSR count). The van der Waals surface area contributed by atoms with Crippen LogP contribution in [0.1, 0.15) is 45.1 Å². The molecule has 1 fully saturated rings. The number of nitriles is 1. The maximum absolute atomic E-state index is 12.3. The van der Waals surface area contributed by atoms with E-state index in [2.05, 4.69) is 23.6 Å². The van der Waals surface area contributed by atoms with Crippen LogP contribution in [0.3, 0.4) is 0 Å². The number of hydrogen-bond donors (Lipinski definition) is 2. The Balaban J connectivity index is 1.95. The Morgan fingerprint density at radius 3 is 2.76 bits per heavy atom. The summed E-state index contributed by atoms with van der Waals surface area (Å²) >= 11 is 0. The summed E-state index contributed by atoms with van der Waals surface area (Å²) in [7, 11) is 0. The molecular formula is C17H23N3O. The highest BCUT2D eigenvalue weighted by atomic mass is 16.2. The van der Waals surface area contributed by atoms with Gasteiger partial charge in [0.15, 0.2) is 0 Å². The second-order valence-electron chi connectivity index (χ2n) is 5.90. The van der Waals surface area contributed by atoms with Gasteiger partial charge < -0.3 is 10.6 Å². The van der Waals surface area contributed by atoms with Gasteiger partial charge in [0.1, 0.15) is 6.07 Å². The standard InChI is InChI=1S/C17H23N3O/c1-12-7-3-5-9-15(12)19-13(2)17(21)20-16-10-6-4-8-14(16)11-18/h4,6,8,10,12-13,15,19H,3,5,7,9H2,1-2H3,(H,20,21)/t12-,13+,15+/m1/s1. The van der Waals surface area contributed by atoms with E-state index < -0.39 is 0 Å². The first-order valence-corrected chi connectivity index (χ1v) is 7.68. The van der Waals surface area contributed by atoms with Gasteiger partial charge >= 0.3 is 0 Å². The molecule has 1 aliphatic rings. The summed E-state index contributed by atoms with van der Waals surface area (Å²) in [4.78, 5) is 12.3. The summed E-state index contributed by atoms with van der Waals surface area (Å²) in [5.41, 5.74) is 1.07. The van der Waals surface area contributed by atoms with Crippen LogP contribution in [0.2, 0.25) is 0 Å². The SMILES string of the molecule is C[C@H](N[C@H]1CCCC[C@H]1C)C(=O)Nc1ccccc1C#N. The minimum absolute atomic E-state index is 0.0875. The van der Waals surface area contributed by atoms with E-state index in [0.717, 1.165) is 6.42 Å². The average molecular weight is 285 g/mol. The van der Waals surface area contributed by atoms with Gasteiger partial charge in [-0.15, -0.1) is 0 Å². The summed E-state index contributed by atoms with van der Waals surface area (Å²) in [5.74, 6) is 0.524. The van der Waals surface area contributed by atoms with E-state index in [4.69, 9.17) is 5.26 Å². The molecule has 0 radical (unpaired) electrons. The highest BCUT2D eigenvalue weighted by Gasteiger charge is 2.25. The summed E-state index contributed by atoms with van der Waals surface area (Å²) < 4.78 is 0. The van der Waals surface area contributed by atoms with Crippen LogP contribution in [-0.2, 0) is 4.79 Å². The third-order valence-corrected chi connectivity index (χ3v) is 4.27. The lowest BCUT2D eigenvalue weighted by Gasteiger charge is -2.31. The molecule has 1 saturated carbocycles. The van der Waals surface area contributed by atoms with Crippen LogP contribution in [0.25, 0.3) is 0 Å². The minimum atomic E-state index is -0.262. The molecule has 4 nitrogen and oxygen atoms in total. The van der Waals surface area contributed by atoms with E-state index in [1.165, 1.54) is 19.3 Å². The molecule has 0 spiro atoms. The van der Waals surface area contributed by atoms with E-state index >= 15 is 0 Å². The summed E-state index contributed by atoms with van der Waals surface area (Å²) in [6, 6.07) is 9.31. The smallest absolute Gasteiger partial charge is 0.241 e. The van der Waals surface area contributed by atoms with Crippen molar-refractivity contribution in [2.24, 2.45) is 5.92 Å².